The first kappa shape index (κ1) is 17.7. The Hall–Kier alpha value is -2.08. The second-order valence-corrected chi connectivity index (χ2v) is 6.16. The zero-order chi connectivity index (χ0) is 17.3. The third-order valence-electron chi connectivity index (χ3n) is 4.27. The lowest BCUT2D eigenvalue weighted by atomic mass is 10.0. The predicted molar refractivity (Wildman–Crippen MR) is 99.8 cm³/mol. The Labute approximate surface area is 149 Å². The highest BCUT2D eigenvalue weighted by Gasteiger charge is 2.24. The van der Waals surface area contributed by atoms with Crippen molar-refractivity contribution in [3.8, 4) is 11.5 Å². The van der Waals surface area contributed by atoms with Crippen molar-refractivity contribution in [2.45, 2.75) is 25.4 Å². The normalized spacial score (nSPS) is 19.7. The lowest BCUT2D eigenvalue weighted by Crippen LogP contribution is -2.37. The quantitative estimate of drug-likeness (QED) is 0.612. The summed E-state index contributed by atoms with van der Waals surface area (Å²) in [6.07, 6.45) is 1.08. The van der Waals surface area contributed by atoms with Crippen molar-refractivity contribution in [3.05, 3.63) is 60.2 Å². The van der Waals surface area contributed by atoms with E-state index in [1.165, 1.54) is 5.56 Å². The SMILES string of the molecule is CCNCC1CC(c2ccc(OCCOc3ccccc3)cc2)NN1. The maximum Gasteiger partial charge on any atom is 0.122 e. The first-order chi connectivity index (χ1) is 12.3. The Kier molecular flexibility index (Phi) is 6.68. The van der Waals surface area contributed by atoms with Gasteiger partial charge < -0.3 is 14.8 Å². The minimum absolute atomic E-state index is 0.346. The number of hydrogen-bond donors (Lipinski definition) is 3. The van der Waals surface area contributed by atoms with Gasteiger partial charge in [0, 0.05) is 18.6 Å². The van der Waals surface area contributed by atoms with Gasteiger partial charge in [-0.05, 0) is 42.8 Å². The number of hydrogen-bond acceptors (Lipinski definition) is 5. The van der Waals surface area contributed by atoms with Crippen LogP contribution in [0.5, 0.6) is 11.5 Å². The van der Waals surface area contributed by atoms with E-state index >= 15 is 0 Å². The van der Waals surface area contributed by atoms with Gasteiger partial charge in [0.15, 0.2) is 0 Å². The van der Waals surface area contributed by atoms with E-state index in [0.29, 0.717) is 25.3 Å². The molecular weight excluding hydrogens is 314 g/mol. The van der Waals surface area contributed by atoms with Gasteiger partial charge in [0.1, 0.15) is 24.7 Å². The van der Waals surface area contributed by atoms with Crippen molar-refractivity contribution in [2.75, 3.05) is 26.3 Å². The molecule has 1 aliphatic heterocycles. The molecule has 0 aliphatic carbocycles. The molecule has 2 aromatic rings. The fourth-order valence-electron chi connectivity index (χ4n) is 2.93. The topological polar surface area (TPSA) is 54.5 Å². The number of para-hydroxylation sites is 1. The fourth-order valence-corrected chi connectivity index (χ4v) is 2.93. The summed E-state index contributed by atoms with van der Waals surface area (Å²) < 4.78 is 11.4. The summed E-state index contributed by atoms with van der Waals surface area (Å²) >= 11 is 0. The van der Waals surface area contributed by atoms with E-state index in [-0.39, 0.29) is 0 Å². The average Bonchev–Trinajstić information content (AvgIpc) is 3.14. The Morgan fingerprint density at radius 2 is 1.60 bits per heavy atom. The number of nitrogens with one attached hydrogen (secondary N) is 3. The van der Waals surface area contributed by atoms with Crippen LogP contribution in [0, 0.1) is 0 Å². The predicted octanol–water partition coefficient (Wildman–Crippen LogP) is 2.66. The van der Waals surface area contributed by atoms with Crippen LogP contribution < -0.4 is 25.6 Å². The molecule has 2 aromatic carbocycles. The molecule has 1 heterocycles. The molecule has 1 saturated heterocycles. The summed E-state index contributed by atoms with van der Waals surface area (Å²) in [6.45, 7) is 5.18. The number of benzene rings is 2. The van der Waals surface area contributed by atoms with E-state index in [9.17, 15) is 0 Å². The van der Waals surface area contributed by atoms with Crippen LogP contribution in [0.15, 0.2) is 54.6 Å². The summed E-state index contributed by atoms with van der Waals surface area (Å²) in [4.78, 5) is 0. The number of ether oxygens (including phenoxy) is 2. The summed E-state index contributed by atoms with van der Waals surface area (Å²) in [5.74, 6) is 1.74. The zero-order valence-corrected chi connectivity index (χ0v) is 14.7. The van der Waals surface area contributed by atoms with E-state index in [0.717, 1.165) is 31.0 Å². The van der Waals surface area contributed by atoms with Crippen molar-refractivity contribution < 1.29 is 9.47 Å². The monoisotopic (exact) mass is 341 g/mol. The lowest BCUT2D eigenvalue weighted by molar-refractivity contribution is 0.217. The van der Waals surface area contributed by atoms with Gasteiger partial charge in [0.25, 0.3) is 0 Å². The molecule has 3 rings (SSSR count). The Morgan fingerprint density at radius 3 is 2.28 bits per heavy atom. The van der Waals surface area contributed by atoms with Gasteiger partial charge in [-0.25, -0.2) is 5.43 Å². The van der Waals surface area contributed by atoms with Crippen LogP contribution in [0.25, 0.3) is 0 Å². The van der Waals surface area contributed by atoms with E-state index < -0.39 is 0 Å². The minimum atomic E-state index is 0.346. The number of hydrazine groups is 1. The third kappa shape index (κ3) is 5.46. The molecule has 5 heteroatoms. The fraction of sp³-hybridized carbons (Fsp3) is 0.400. The summed E-state index contributed by atoms with van der Waals surface area (Å²) in [5, 5.41) is 3.38. The van der Waals surface area contributed by atoms with E-state index in [1.807, 2.05) is 42.5 Å². The maximum absolute atomic E-state index is 5.75. The van der Waals surface area contributed by atoms with Gasteiger partial charge in [0.2, 0.25) is 0 Å². The van der Waals surface area contributed by atoms with Crippen LogP contribution in [0.2, 0.25) is 0 Å². The van der Waals surface area contributed by atoms with Crippen LogP contribution in [0.3, 0.4) is 0 Å². The molecule has 2 unspecified atom stereocenters. The highest BCUT2D eigenvalue weighted by Crippen LogP contribution is 2.24. The van der Waals surface area contributed by atoms with Crippen LogP contribution >= 0.6 is 0 Å². The smallest absolute Gasteiger partial charge is 0.122 e. The van der Waals surface area contributed by atoms with Crippen molar-refractivity contribution in [1.29, 1.82) is 0 Å². The van der Waals surface area contributed by atoms with E-state index in [1.54, 1.807) is 0 Å². The molecule has 5 nitrogen and oxygen atoms in total. The Bertz CT molecular complexity index is 619. The summed E-state index contributed by atoms with van der Waals surface area (Å²) in [7, 11) is 0. The Balaban J connectivity index is 1.40. The van der Waals surface area contributed by atoms with Gasteiger partial charge >= 0.3 is 0 Å². The molecule has 3 N–H and O–H groups in total. The van der Waals surface area contributed by atoms with Crippen LogP contribution in [0.4, 0.5) is 0 Å². The van der Waals surface area contributed by atoms with Crippen molar-refractivity contribution >= 4 is 0 Å². The molecule has 0 bridgehead atoms. The molecule has 25 heavy (non-hydrogen) atoms. The lowest BCUT2D eigenvalue weighted by Gasteiger charge is -2.12. The first-order valence-electron chi connectivity index (χ1n) is 8.97. The molecule has 1 aliphatic rings. The van der Waals surface area contributed by atoms with Crippen molar-refractivity contribution in [3.63, 3.8) is 0 Å². The molecule has 0 aromatic heterocycles. The molecule has 0 amide bonds. The number of likely N-dealkylation sites (N-methyl/N-ethyl adjacent to an activating group) is 1. The molecule has 0 saturated carbocycles. The molecule has 2 atom stereocenters. The van der Waals surface area contributed by atoms with Gasteiger partial charge in [-0.3, -0.25) is 5.43 Å². The molecule has 0 spiro atoms. The van der Waals surface area contributed by atoms with Gasteiger partial charge in [-0.15, -0.1) is 0 Å². The van der Waals surface area contributed by atoms with Gasteiger partial charge in [-0.1, -0.05) is 37.3 Å². The third-order valence-corrected chi connectivity index (χ3v) is 4.27. The average molecular weight is 341 g/mol. The zero-order valence-electron chi connectivity index (χ0n) is 14.7. The first-order valence-corrected chi connectivity index (χ1v) is 8.97. The summed E-state index contributed by atoms with van der Waals surface area (Å²) in [6, 6.07) is 18.9. The second-order valence-electron chi connectivity index (χ2n) is 6.16. The van der Waals surface area contributed by atoms with E-state index in [4.69, 9.17) is 9.47 Å². The van der Waals surface area contributed by atoms with Crippen LogP contribution in [-0.2, 0) is 0 Å². The highest BCUT2D eigenvalue weighted by molar-refractivity contribution is 5.29. The standard InChI is InChI=1S/C20H27N3O2/c1-2-21-15-17-14-20(23-22-17)16-8-10-19(11-9-16)25-13-12-24-18-6-4-3-5-7-18/h3-11,17,20-23H,2,12-15H2,1H3. The van der Waals surface area contributed by atoms with E-state index in [2.05, 4.69) is 35.2 Å². The number of rotatable bonds is 9. The molecular formula is C20H27N3O2. The summed E-state index contributed by atoms with van der Waals surface area (Å²) in [5.41, 5.74) is 8.00. The van der Waals surface area contributed by atoms with Crippen molar-refractivity contribution in [1.82, 2.24) is 16.2 Å². The van der Waals surface area contributed by atoms with Gasteiger partial charge in [0.05, 0.1) is 0 Å². The maximum atomic E-state index is 5.75. The van der Waals surface area contributed by atoms with Crippen LogP contribution in [0.1, 0.15) is 24.9 Å². The minimum Gasteiger partial charge on any atom is -0.490 e. The molecule has 0 radical (unpaired) electrons. The molecule has 1 fully saturated rings. The highest BCUT2D eigenvalue weighted by atomic mass is 16.5. The largest absolute Gasteiger partial charge is 0.490 e. The Morgan fingerprint density at radius 1 is 0.920 bits per heavy atom. The van der Waals surface area contributed by atoms with Gasteiger partial charge in [-0.2, -0.15) is 0 Å². The van der Waals surface area contributed by atoms with Crippen LogP contribution in [-0.4, -0.2) is 32.3 Å². The molecule has 134 valence electrons. The van der Waals surface area contributed by atoms with Crippen molar-refractivity contribution in [2.24, 2.45) is 0 Å². The second kappa shape index (κ2) is 9.42.